The fourth-order valence-electron chi connectivity index (χ4n) is 2.87. The van der Waals surface area contributed by atoms with Gasteiger partial charge in [-0.2, -0.15) is 8.42 Å². The highest BCUT2D eigenvalue weighted by atomic mass is 32.2. The lowest BCUT2D eigenvalue weighted by Gasteiger charge is -2.02. The van der Waals surface area contributed by atoms with Crippen LogP contribution in [0.2, 0.25) is 0 Å². The molecule has 0 aliphatic rings. The summed E-state index contributed by atoms with van der Waals surface area (Å²) in [6.07, 6.45) is 0. The lowest BCUT2D eigenvalue weighted by atomic mass is 10.1. The lowest BCUT2D eigenvalue weighted by Crippen LogP contribution is -2.13. The van der Waals surface area contributed by atoms with E-state index in [1.54, 1.807) is 24.3 Å². The molecule has 0 saturated carbocycles. The average Bonchev–Trinajstić information content (AvgIpc) is 2.91. The molecule has 0 unspecified atom stereocenters. The van der Waals surface area contributed by atoms with E-state index < -0.39 is 10.0 Å². The second-order valence-electron chi connectivity index (χ2n) is 5.96. The molecule has 0 spiro atoms. The van der Waals surface area contributed by atoms with Crippen LogP contribution in [0.4, 0.5) is 0 Å². The van der Waals surface area contributed by atoms with Gasteiger partial charge in [0.25, 0.3) is 10.0 Å². The largest absolute Gasteiger partial charge is 0.318 e. The maximum absolute atomic E-state index is 12.6. The number of benzene rings is 3. The zero-order valence-electron chi connectivity index (χ0n) is 13.8. The molecule has 0 bridgehead atoms. The maximum atomic E-state index is 12.6. The van der Waals surface area contributed by atoms with Gasteiger partial charge in [-0.3, -0.25) is 0 Å². The Morgan fingerprint density at radius 3 is 2.44 bits per heavy atom. The van der Waals surface area contributed by atoms with E-state index >= 15 is 0 Å². The molecule has 0 atom stereocenters. The molecule has 0 aliphatic carbocycles. The van der Waals surface area contributed by atoms with E-state index in [1.807, 2.05) is 54.9 Å². The van der Waals surface area contributed by atoms with Crippen LogP contribution in [0.3, 0.4) is 0 Å². The van der Waals surface area contributed by atoms with Crippen LogP contribution < -0.4 is 4.80 Å². The summed E-state index contributed by atoms with van der Waals surface area (Å²) in [5.74, 6) is 0. The van der Waals surface area contributed by atoms with Gasteiger partial charge >= 0.3 is 0 Å². The Bertz CT molecular complexity index is 1260. The standard InChI is InChI=1S/C19H16N2O2S2/c1-13-7-10-15(11-8-13)25(22,23)20-19-21(2)18-16-6-4-3-5-14(16)9-12-17(18)24-19/h3-12H,1-2H3. The highest BCUT2D eigenvalue weighted by molar-refractivity contribution is 7.90. The first-order valence-electron chi connectivity index (χ1n) is 7.81. The summed E-state index contributed by atoms with van der Waals surface area (Å²) < 4.78 is 32.2. The zero-order valence-corrected chi connectivity index (χ0v) is 15.4. The van der Waals surface area contributed by atoms with Crippen LogP contribution in [0.5, 0.6) is 0 Å². The van der Waals surface area contributed by atoms with Gasteiger partial charge in [0.05, 0.1) is 15.1 Å². The Balaban J connectivity index is 1.98. The molecule has 3 aromatic carbocycles. The molecular formula is C19H16N2O2S2. The molecular weight excluding hydrogens is 352 g/mol. The molecule has 0 radical (unpaired) electrons. The zero-order chi connectivity index (χ0) is 17.6. The summed E-state index contributed by atoms with van der Waals surface area (Å²) in [6.45, 7) is 1.92. The van der Waals surface area contributed by atoms with Crippen molar-refractivity contribution >= 4 is 42.3 Å². The van der Waals surface area contributed by atoms with Gasteiger partial charge in [-0.05, 0) is 30.5 Å². The molecule has 4 aromatic rings. The van der Waals surface area contributed by atoms with E-state index in [9.17, 15) is 8.42 Å². The fourth-order valence-corrected chi connectivity index (χ4v) is 5.13. The molecule has 25 heavy (non-hydrogen) atoms. The van der Waals surface area contributed by atoms with Crippen molar-refractivity contribution in [3.05, 3.63) is 71.0 Å². The summed E-state index contributed by atoms with van der Waals surface area (Å²) in [4.78, 5) is 0.673. The van der Waals surface area contributed by atoms with E-state index in [2.05, 4.69) is 4.40 Å². The molecule has 6 heteroatoms. The van der Waals surface area contributed by atoms with Crippen molar-refractivity contribution in [3.63, 3.8) is 0 Å². The monoisotopic (exact) mass is 368 g/mol. The first kappa shape index (κ1) is 16.1. The third-order valence-corrected chi connectivity index (χ3v) is 6.70. The number of fused-ring (bicyclic) bond motifs is 3. The van der Waals surface area contributed by atoms with E-state index in [0.29, 0.717) is 4.80 Å². The van der Waals surface area contributed by atoms with Crippen molar-refractivity contribution in [3.8, 4) is 0 Å². The Labute approximate surface area is 149 Å². The molecule has 126 valence electrons. The van der Waals surface area contributed by atoms with Gasteiger partial charge in [0.15, 0.2) is 0 Å². The summed E-state index contributed by atoms with van der Waals surface area (Å²) in [5, 5.41) is 2.21. The summed E-state index contributed by atoms with van der Waals surface area (Å²) in [5.41, 5.74) is 2.01. The minimum atomic E-state index is -3.74. The minimum absolute atomic E-state index is 0.209. The fraction of sp³-hybridized carbons (Fsp3) is 0.105. The van der Waals surface area contributed by atoms with Gasteiger partial charge in [0, 0.05) is 12.4 Å². The number of nitrogens with zero attached hydrogens (tertiary/aromatic N) is 2. The van der Waals surface area contributed by atoms with Crippen molar-refractivity contribution in [2.24, 2.45) is 11.4 Å². The molecule has 0 aliphatic heterocycles. The predicted octanol–water partition coefficient (Wildman–Crippen LogP) is 3.99. The van der Waals surface area contributed by atoms with Crippen molar-refractivity contribution in [2.45, 2.75) is 11.8 Å². The van der Waals surface area contributed by atoms with E-state index in [1.165, 1.54) is 11.3 Å². The number of rotatable bonds is 2. The van der Waals surface area contributed by atoms with Crippen LogP contribution in [0, 0.1) is 6.92 Å². The molecule has 4 nitrogen and oxygen atoms in total. The highest BCUT2D eigenvalue weighted by Gasteiger charge is 2.14. The normalized spacial score (nSPS) is 13.0. The summed E-state index contributed by atoms with van der Waals surface area (Å²) in [6, 6.07) is 18.9. The van der Waals surface area contributed by atoms with E-state index in [0.717, 1.165) is 26.6 Å². The van der Waals surface area contributed by atoms with Crippen LogP contribution in [-0.2, 0) is 17.1 Å². The van der Waals surface area contributed by atoms with Crippen LogP contribution in [-0.4, -0.2) is 13.0 Å². The van der Waals surface area contributed by atoms with Crippen LogP contribution >= 0.6 is 11.3 Å². The molecule has 1 aromatic heterocycles. The van der Waals surface area contributed by atoms with Gasteiger partial charge in [0.2, 0.25) is 4.80 Å². The second kappa shape index (κ2) is 5.82. The SMILES string of the molecule is Cc1ccc(S(=O)(=O)N=c2sc3ccc4ccccc4c3n2C)cc1. The van der Waals surface area contributed by atoms with Gasteiger partial charge in [-0.15, -0.1) is 4.40 Å². The lowest BCUT2D eigenvalue weighted by molar-refractivity contribution is 0.596. The van der Waals surface area contributed by atoms with Crippen molar-refractivity contribution < 1.29 is 8.42 Å². The first-order valence-corrected chi connectivity index (χ1v) is 10.1. The predicted molar refractivity (Wildman–Crippen MR) is 102 cm³/mol. The van der Waals surface area contributed by atoms with Gasteiger partial charge < -0.3 is 4.57 Å². The van der Waals surface area contributed by atoms with Gasteiger partial charge in [-0.25, -0.2) is 0 Å². The van der Waals surface area contributed by atoms with Crippen molar-refractivity contribution in [1.29, 1.82) is 0 Å². The van der Waals surface area contributed by atoms with Crippen LogP contribution in [0.1, 0.15) is 5.56 Å². The smallest absolute Gasteiger partial charge is 0.285 e. The minimum Gasteiger partial charge on any atom is -0.318 e. The molecule has 0 fully saturated rings. The topological polar surface area (TPSA) is 51.4 Å². The van der Waals surface area contributed by atoms with Gasteiger partial charge in [0.1, 0.15) is 0 Å². The van der Waals surface area contributed by atoms with E-state index in [-0.39, 0.29) is 4.90 Å². The molecule has 4 rings (SSSR count). The molecule has 0 saturated heterocycles. The van der Waals surface area contributed by atoms with E-state index in [4.69, 9.17) is 0 Å². The average molecular weight is 368 g/mol. The third-order valence-electron chi connectivity index (χ3n) is 4.20. The quantitative estimate of drug-likeness (QED) is 0.537. The molecule has 0 N–H and O–H groups in total. The van der Waals surface area contributed by atoms with Crippen molar-refractivity contribution in [1.82, 2.24) is 4.57 Å². The number of aryl methyl sites for hydroxylation is 2. The molecule has 0 amide bonds. The van der Waals surface area contributed by atoms with Crippen LogP contribution in [0.25, 0.3) is 21.0 Å². The Morgan fingerprint density at radius 2 is 1.68 bits per heavy atom. The third kappa shape index (κ3) is 2.77. The number of hydrogen-bond acceptors (Lipinski definition) is 3. The van der Waals surface area contributed by atoms with Crippen molar-refractivity contribution in [2.75, 3.05) is 0 Å². The molecule has 1 heterocycles. The number of aromatic nitrogens is 1. The first-order chi connectivity index (χ1) is 12.0. The second-order valence-corrected chi connectivity index (χ2v) is 8.57. The number of sulfonamides is 1. The Kier molecular flexibility index (Phi) is 3.74. The highest BCUT2D eigenvalue weighted by Crippen LogP contribution is 2.26. The maximum Gasteiger partial charge on any atom is 0.285 e. The summed E-state index contributed by atoms with van der Waals surface area (Å²) in [7, 11) is -1.88. The summed E-state index contributed by atoms with van der Waals surface area (Å²) >= 11 is 1.38. The number of hydrogen-bond donors (Lipinski definition) is 0. The number of thiazole rings is 1. The van der Waals surface area contributed by atoms with Gasteiger partial charge in [-0.1, -0.05) is 59.4 Å². The Morgan fingerprint density at radius 1 is 0.960 bits per heavy atom. The Hall–Kier alpha value is -2.44. The van der Waals surface area contributed by atoms with Crippen LogP contribution in [0.15, 0.2) is 70.0 Å².